The summed E-state index contributed by atoms with van der Waals surface area (Å²) in [7, 11) is 1.79. The van der Waals surface area contributed by atoms with Crippen LogP contribution in [0.25, 0.3) is 0 Å². The summed E-state index contributed by atoms with van der Waals surface area (Å²) in [5.74, 6) is 0.702. The molecule has 0 aromatic carbocycles. The Hall–Kier alpha value is -0.120. The molecule has 1 N–H and O–H groups in total. The molecule has 3 heteroatoms. The lowest BCUT2D eigenvalue weighted by Gasteiger charge is -2.42. The zero-order valence-electron chi connectivity index (χ0n) is 9.04. The smallest absolute Gasteiger partial charge is 0.0558 e. The molecule has 0 bridgehead atoms. The second kappa shape index (κ2) is 4.17. The van der Waals surface area contributed by atoms with Crippen LogP contribution in [0.1, 0.15) is 19.3 Å². The summed E-state index contributed by atoms with van der Waals surface area (Å²) >= 11 is 0. The van der Waals surface area contributed by atoms with Crippen LogP contribution in [0.4, 0.5) is 0 Å². The van der Waals surface area contributed by atoms with E-state index < -0.39 is 0 Å². The van der Waals surface area contributed by atoms with Crippen molar-refractivity contribution < 1.29 is 9.84 Å². The van der Waals surface area contributed by atoms with Gasteiger partial charge in [-0.25, -0.2) is 0 Å². The van der Waals surface area contributed by atoms with Crippen LogP contribution in [0.2, 0.25) is 0 Å². The van der Waals surface area contributed by atoms with Gasteiger partial charge in [0, 0.05) is 32.7 Å². The summed E-state index contributed by atoms with van der Waals surface area (Å²) in [5, 5.41) is 8.93. The Morgan fingerprint density at radius 3 is 2.79 bits per heavy atom. The number of methoxy groups -OCH3 is 1. The van der Waals surface area contributed by atoms with Crippen LogP contribution in [0.5, 0.6) is 0 Å². The van der Waals surface area contributed by atoms with Crippen molar-refractivity contribution in [3.63, 3.8) is 0 Å². The lowest BCUT2D eigenvalue weighted by Crippen LogP contribution is -2.39. The predicted octanol–water partition coefficient (Wildman–Crippen LogP) is 0.727. The van der Waals surface area contributed by atoms with Gasteiger partial charge in [-0.2, -0.15) is 0 Å². The fraction of sp³-hybridized carbons (Fsp3) is 1.00. The first-order chi connectivity index (χ1) is 6.80. The summed E-state index contributed by atoms with van der Waals surface area (Å²) in [5.41, 5.74) is 0.547. The van der Waals surface area contributed by atoms with Gasteiger partial charge in [0.2, 0.25) is 0 Å². The lowest BCUT2D eigenvalue weighted by molar-refractivity contribution is 0.0366. The average molecular weight is 199 g/mol. The average Bonchev–Trinajstić information content (AvgIpc) is 2.45. The molecule has 2 fully saturated rings. The number of hydrogen-bond donors (Lipinski definition) is 1. The first-order valence-corrected chi connectivity index (χ1v) is 5.63. The standard InChI is InChI=1S/C11H21NO2/c1-14-8-10-7-12(5-6-13)9-11(10)3-2-4-11/h10,13H,2-9H2,1H3/t10-/m0/s1. The summed E-state index contributed by atoms with van der Waals surface area (Å²) in [4.78, 5) is 2.39. The molecule has 0 amide bonds. The number of likely N-dealkylation sites (tertiary alicyclic amines) is 1. The first kappa shape index (κ1) is 10.4. The van der Waals surface area contributed by atoms with Gasteiger partial charge in [-0.15, -0.1) is 0 Å². The number of hydrogen-bond acceptors (Lipinski definition) is 3. The number of aliphatic hydroxyl groups is 1. The van der Waals surface area contributed by atoms with Crippen LogP contribution in [-0.4, -0.2) is 50.0 Å². The molecule has 0 aromatic rings. The van der Waals surface area contributed by atoms with E-state index >= 15 is 0 Å². The third-order valence-corrected chi connectivity index (χ3v) is 4.02. The highest BCUT2D eigenvalue weighted by Crippen LogP contribution is 2.51. The summed E-state index contributed by atoms with van der Waals surface area (Å²) in [6.07, 6.45) is 4.11. The maximum Gasteiger partial charge on any atom is 0.0558 e. The van der Waals surface area contributed by atoms with Crippen molar-refractivity contribution in [1.29, 1.82) is 0 Å². The molecule has 0 radical (unpaired) electrons. The Morgan fingerprint density at radius 1 is 1.50 bits per heavy atom. The van der Waals surface area contributed by atoms with Crippen LogP contribution in [-0.2, 0) is 4.74 Å². The van der Waals surface area contributed by atoms with E-state index in [0.717, 1.165) is 19.7 Å². The molecule has 3 nitrogen and oxygen atoms in total. The van der Waals surface area contributed by atoms with Gasteiger partial charge in [0.15, 0.2) is 0 Å². The molecule has 1 saturated carbocycles. The highest BCUT2D eigenvalue weighted by Gasteiger charge is 2.49. The van der Waals surface area contributed by atoms with E-state index in [4.69, 9.17) is 9.84 Å². The topological polar surface area (TPSA) is 32.7 Å². The Balaban J connectivity index is 1.94. The van der Waals surface area contributed by atoms with E-state index in [2.05, 4.69) is 4.90 Å². The van der Waals surface area contributed by atoms with E-state index in [1.54, 1.807) is 7.11 Å². The third-order valence-electron chi connectivity index (χ3n) is 4.02. The van der Waals surface area contributed by atoms with Crippen LogP contribution in [0.3, 0.4) is 0 Å². The second-order valence-corrected chi connectivity index (χ2v) is 4.83. The maximum atomic E-state index is 8.93. The Bertz CT molecular complexity index is 192. The zero-order valence-corrected chi connectivity index (χ0v) is 9.04. The third kappa shape index (κ3) is 1.69. The molecule has 1 heterocycles. The normalized spacial score (nSPS) is 30.9. The van der Waals surface area contributed by atoms with Crippen LogP contribution in [0.15, 0.2) is 0 Å². The highest BCUT2D eigenvalue weighted by atomic mass is 16.5. The van der Waals surface area contributed by atoms with Crippen LogP contribution in [0, 0.1) is 11.3 Å². The van der Waals surface area contributed by atoms with Gasteiger partial charge in [-0.05, 0) is 18.3 Å². The van der Waals surface area contributed by atoms with Crippen molar-refractivity contribution in [2.24, 2.45) is 11.3 Å². The van der Waals surface area contributed by atoms with Gasteiger partial charge in [0.1, 0.15) is 0 Å². The number of rotatable bonds is 4. The molecule has 1 spiro atoms. The zero-order chi connectivity index (χ0) is 10.0. The Morgan fingerprint density at radius 2 is 2.29 bits per heavy atom. The number of nitrogens with zero attached hydrogens (tertiary/aromatic N) is 1. The summed E-state index contributed by atoms with van der Waals surface area (Å²) < 4.78 is 5.29. The fourth-order valence-corrected chi connectivity index (χ4v) is 3.08. The molecule has 0 unspecified atom stereocenters. The monoisotopic (exact) mass is 199 g/mol. The minimum absolute atomic E-state index is 0.287. The van der Waals surface area contributed by atoms with Crippen molar-refractivity contribution in [3.05, 3.63) is 0 Å². The molecule has 1 aliphatic carbocycles. The SMILES string of the molecule is COC[C@@H]1CN(CCO)CC12CCC2. The quantitative estimate of drug-likeness (QED) is 0.724. The van der Waals surface area contributed by atoms with E-state index in [9.17, 15) is 0 Å². The fourth-order valence-electron chi connectivity index (χ4n) is 3.08. The van der Waals surface area contributed by atoms with E-state index in [1.165, 1.54) is 25.8 Å². The minimum atomic E-state index is 0.287. The van der Waals surface area contributed by atoms with Crippen molar-refractivity contribution >= 4 is 0 Å². The molecule has 0 aromatic heterocycles. The number of aliphatic hydroxyl groups excluding tert-OH is 1. The van der Waals surface area contributed by atoms with E-state index in [-0.39, 0.29) is 6.61 Å². The van der Waals surface area contributed by atoms with E-state index in [0.29, 0.717) is 11.3 Å². The van der Waals surface area contributed by atoms with Gasteiger partial charge in [-0.3, -0.25) is 0 Å². The summed E-state index contributed by atoms with van der Waals surface area (Å²) in [6, 6.07) is 0. The van der Waals surface area contributed by atoms with Gasteiger partial charge < -0.3 is 14.7 Å². The molecular weight excluding hydrogens is 178 g/mol. The molecule has 14 heavy (non-hydrogen) atoms. The van der Waals surface area contributed by atoms with Crippen molar-refractivity contribution in [3.8, 4) is 0 Å². The predicted molar refractivity (Wildman–Crippen MR) is 55.2 cm³/mol. The number of β-amino-alcohol motifs (C(OH)–C–C–N with tert-alkyl or cyclic N) is 1. The molecule has 1 saturated heterocycles. The maximum absolute atomic E-state index is 8.93. The van der Waals surface area contributed by atoms with Gasteiger partial charge >= 0.3 is 0 Å². The van der Waals surface area contributed by atoms with Crippen LogP contribution < -0.4 is 0 Å². The van der Waals surface area contributed by atoms with Crippen molar-refractivity contribution in [2.75, 3.05) is 40.0 Å². The molecule has 2 aliphatic rings. The van der Waals surface area contributed by atoms with Gasteiger partial charge in [-0.1, -0.05) is 6.42 Å². The Labute approximate surface area is 86.0 Å². The Kier molecular flexibility index (Phi) is 3.10. The van der Waals surface area contributed by atoms with E-state index in [1.807, 2.05) is 0 Å². The molecule has 2 rings (SSSR count). The van der Waals surface area contributed by atoms with Crippen LogP contribution >= 0.6 is 0 Å². The molecule has 1 atom stereocenters. The van der Waals surface area contributed by atoms with Crippen molar-refractivity contribution in [1.82, 2.24) is 4.90 Å². The van der Waals surface area contributed by atoms with Gasteiger partial charge in [0.25, 0.3) is 0 Å². The molecule has 1 aliphatic heterocycles. The highest BCUT2D eigenvalue weighted by molar-refractivity contribution is 5.01. The number of ether oxygens (including phenoxy) is 1. The molecule has 82 valence electrons. The van der Waals surface area contributed by atoms with Crippen molar-refractivity contribution in [2.45, 2.75) is 19.3 Å². The molecular formula is C11H21NO2. The largest absolute Gasteiger partial charge is 0.395 e. The lowest BCUT2D eigenvalue weighted by atomic mass is 9.63. The summed E-state index contributed by atoms with van der Waals surface area (Å²) in [6.45, 7) is 4.32. The first-order valence-electron chi connectivity index (χ1n) is 5.63. The second-order valence-electron chi connectivity index (χ2n) is 4.83. The van der Waals surface area contributed by atoms with Gasteiger partial charge in [0.05, 0.1) is 13.2 Å². The minimum Gasteiger partial charge on any atom is -0.395 e.